The fourth-order valence-electron chi connectivity index (χ4n) is 1.75. The van der Waals surface area contributed by atoms with Gasteiger partial charge in [0, 0.05) is 17.1 Å². The first-order chi connectivity index (χ1) is 10.1. The van der Waals surface area contributed by atoms with Crippen molar-refractivity contribution in [3.63, 3.8) is 0 Å². The lowest BCUT2D eigenvalue weighted by molar-refractivity contribution is -0.117. The summed E-state index contributed by atoms with van der Waals surface area (Å²) in [5.41, 5.74) is 6.10. The second-order valence-corrected chi connectivity index (χ2v) is 6.26. The lowest BCUT2D eigenvalue weighted by Gasteiger charge is -2.11. The zero-order chi connectivity index (χ0) is 15.2. The molecule has 0 aliphatic carbocycles. The van der Waals surface area contributed by atoms with E-state index in [1.54, 1.807) is 30.3 Å². The van der Waals surface area contributed by atoms with E-state index in [0.717, 1.165) is 16.3 Å². The van der Waals surface area contributed by atoms with Crippen LogP contribution in [0.25, 0.3) is 0 Å². The maximum Gasteiger partial charge on any atom is 0.232 e. The highest BCUT2D eigenvalue weighted by Gasteiger charge is 2.17. The molecule has 2 aromatic rings. The number of benzene rings is 1. The molecule has 4 nitrogen and oxygen atoms in total. The van der Waals surface area contributed by atoms with Gasteiger partial charge in [-0.15, -0.1) is 11.3 Å². The topological polar surface area (TPSA) is 64.3 Å². The van der Waals surface area contributed by atoms with Gasteiger partial charge in [-0.2, -0.15) is 0 Å². The molecule has 0 saturated heterocycles. The van der Waals surface area contributed by atoms with Crippen molar-refractivity contribution in [3.8, 4) is 5.75 Å². The van der Waals surface area contributed by atoms with Gasteiger partial charge in [-0.3, -0.25) is 4.79 Å². The molecule has 112 valence electrons. The van der Waals surface area contributed by atoms with Crippen LogP contribution >= 0.6 is 22.9 Å². The fourth-order valence-corrected chi connectivity index (χ4v) is 2.86. The van der Waals surface area contributed by atoms with Crippen molar-refractivity contribution in [2.45, 2.75) is 12.8 Å². The zero-order valence-electron chi connectivity index (χ0n) is 11.6. The Morgan fingerprint density at radius 1 is 1.33 bits per heavy atom. The number of halogens is 1. The summed E-state index contributed by atoms with van der Waals surface area (Å²) < 4.78 is 6.07. The summed E-state index contributed by atoms with van der Waals surface area (Å²) in [6.45, 7) is 2.80. The Morgan fingerprint density at radius 3 is 2.62 bits per heavy atom. The van der Waals surface area contributed by atoms with Gasteiger partial charge in [0.1, 0.15) is 12.4 Å². The second-order valence-electron chi connectivity index (χ2n) is 4.51. The van der Waals surface area contributed by atoms with E-state index in [4.69, 9.17) is 22.1 Å². The Kier molecular flexibility index (Phi) is 5.61. The quantitative estimate of drug-likeness (QED) is 0.855. The Labute approximate surface area is 132 Å². The number of hydrogen-bond acceptors (Lipinski definition) is 4. The summed E-state index contributed by atoms with van der Waals surface area (Å²) in [5, 5.41) is 2.88. The molecule has 1 aromatic heterocycles. The molecule has 1 unspecified atom stereocenters. The van der Waals surface area contributed by atoms with Crippen molar-refractivity contribution < 1.29 is 9.53 Å². The standard InChI is InChI=1S/C15H17ClN2O2S/c1-10(13-6-7-14(16)21-13)15(19)18-11-2-4-12(5-3-11)20-9-8-17/h2-7,10H,8-9,17H2,1H3,(H,18,19). The first kappa shape index (κ1) is 15.8. The Hall–Kier alpha value is -1.56. The number of ether oxygens (including phenoxy) is 1. The Morgan fingerprint density at radius 2 is 2.05 bits per heavy atom. The molecule has 1 atom stereocenters. The van der Waals surface area contributed by atoms with Crippen molar-refractivity contribution in [1.82, 2.24) is 0 Å². The van der Waals surface area contributed by atoms with Crippen molar-refractivity contribution in [3.05, 3.63) is 45.6 Å². The molecule has 0 bridgehead atoms. The predicted molar refractivity (Wildman–Crippen MR) is 87.4 cm³/mol. The molecule has 0 fully saturated rings. The van der Waals surface area contributed by atoms with E-state index >= 15 is 0 Å². The van der Waals surface area contributed by atoms with E-state index < -0.39 is 0 Å². The number of hydrogen-bond donors (Lipinski definition) is 2. The number of carbonyl (C=O) groups excluding carboxylic acids is 1. The molecule has 6 heteroatoms. The SMILES string of the molecule is CC(C(=O)Nc1ccc(OCCN)cc1)c1ccc(Cl)s1. The summed E-state index contributed by atoms with van der Waals surface area (Å²) in [6.07, 6.45) is 0. The third-order valence-electron chi connectivity index (χ3n) is 2.92. The predicted octanol–water partition coefficient (Wildman–Crippen LogP) is 3.48. The van der Waals surface area contributed by atoms with E-state index in [1.165, 1.54) is 11.3 Å². The van der Waals surface area contributed by atoms with Crippen molar-refractivity contribution in [2.24, 2.45) is 5.73 Å². The summed E-state index contributed by atoms with van der Waals surface area (Å²) in [5.74, 6) is 0.427. The average molecular weight is 325 g/mol. The van der Waals surface area contributed by atoms with Gasteiger partial charge in [0.15, 0.2) is 0 Å². The van der Waals surface area contributed by atoms with Gasteiger partial charge < -0.3 is 15.8 Å². The number of nitrogens with two attached hydrogens (primary N) is 1. The Bertz CT molecular complexity index is 598. The van der Waals surface area contributed by atoms with Gasteiger partial charge in [-0.1, -0.05) is 11.6 Å². The molecule has 1 amide bonds. The molecule has 3 N–H and O–H groups in total. The molecular formula is C15H17ClN2O2S. The molecule has 2 rings (SSSR count). The van der Waals surface area contributed by atoms with Crippen LogP contribution in [0.1, 0.15) is 17.7 Å². The second kappa shape index (κ2) is 7.45. The number of nitrogens with one attached hydrogen (secondary N) is 1. The summed E-state index contributed by atoms with van der Waals surface area (Å²) >= 11 is 7.31. The van der Waals surface area contributed by atoms with Gasteiger partial charge in [-0.25, -0.2) is 0 Å². The van der Waals surface area contributed by atoms with Gasteiger partial charge in [-0.05, 0) is 43.3 Å². The van der Waals surface area contributed by atoms with Gasteiger partial charge >= 0.3 is 0 Å². The maximum absolute atomic E-state index is 12.2. The highest BCUT2D eigenvalue weighted by atomic mass is 35.5. The molecule has 0 saturated carbocycles. The highest BCUT2D eigenvalue weighted by Crippen LogP contribution is 2.29. The molecular weight excluding hydrogens is 308 g/mol. The number of amides is 1. The van der Waals surface area contributed by atoms with Crippen LogP contribution in [0.5, 0.6) is 5.75 Å². The smallest absolute Gasteiger partial charge is 0.232 e. The first-order valence-corrected chi connectivity index (χ1v) is 7.78. The lowest BCUT2D eigenvalue weighted by Crippen LogP contribution is -2.18. The molecule has 1 aromatic carbocycles. The minimum Gasteiger partial charge on any atom is -0.492 e. The van der Waals surface area contributed by atoms with E-state index in [1.807, 2.05) is 13.0 Å². The average Bonchev–Trinajstić information content (AvgIpc) is 2.92. The summed E-state index contributed by atoms with van der Waals surface area (Å²) in [4.78, 5) is 13.1. The van der Waals surface area contributed by atoms with Gasteiger partial charge in [0.25, 0.3) is 0 Å². The summed E-state index contributed by atoms with van der Waals surface area (Å²) in [7, 11) is 0. The molecule has 0 aliphatic heterocycles. The van der Waals surface area contributed by atoms with Crippen LogP contribution in [0.3, 0.4) is 0 Å². The van der Waals surface area contributed by atoms with Crippen LogP contribution < -0.4 is 15.8 Å². The first-order valence-electron chi connectivity index (χ1n) is 6.59. The molecule has 21 heavy (non-hydrogen) atoms. The monoisotopic (exact) mass is 324 g/mol. The zero-order valence-corrected chi connectivity index (χ0v) is 13.2. The third-order valence-corrected chi connectivity index (χ3v) is 4.34. The van der Waals surface area contributed by atoms with Gasteiger partial charge in [0.2, 0.25) is 5.91 Å². The van der Waals surface area contributed by atoms with Gasteiger partial charge in [0.05, 0.1) is 10.3 Å². The maximum atomic E-state index is 12.2. The largest absolute Gasteiger partial charge is 0.492 e. The van der Waals surface area contributed by atoms with Crippen LogP contribution in [0, 0.1) is 0 Å². The number of carbonyl (C=O) groups is 1. The number of rotatable bonds is 6. The van der Waals surface area contributed by atoms with Crippen LogP contribution in [0.4, 0.5) is 5.69 Å². The van der Waals surface area contributed by atoms with Crippen LogP contribution in [0.15, 0.2) is 36.4 Å². The third kappa shape index (κ3) is 4.46. The minimum atomic E-state index is -0.240. The van der Waals surface area contributed by atoms with E-state index in [-0.39, 0.29) is 11.8 Å². The summed E-state index contributed by atoms with van der Waals surface area (Å²) in [6, 6.07) is 10.9. The van der Waals surface area contributed by atoms with Crippen molar-refractivity contribution >= 4 is 34.5 Å². The number of thiophene rings is 1. The lowest BCUT2D eigenvalue weighted by atomic mass is 10.1. The Balaban J connectivity index is 1.96. The molecule has 0 radical (unpaired) electrons. The van der Waals surface area contributed by atoms with E-state index in [0.29, 0.717) is 17.5 Å². The molecule has 1 heterocycles. The molecule has 0 spiro atoms. The molecule has 0 aliphatic rings. The minimum absolute atomic E-state index is 0.0656. The normalized spacial score (nSPS) is 12.0. The highest BCUT2D eigenvalue weighted by molar-refractivity contribution is 7.16. The van der Waals surface area contributed by atoms with Crippen LogP contribution in [-0.4, -0.2) is 19.1 Å². The van der Waals surface area contributed by atoms with E-state index in [9.17, 15) is 4.79 Å². The van der Waals surface area contributed by atoms with Crippen LogP contribution in [0.2, 0.25) is 4.34 Å². The fraction of sp³-hybridized carbons (Fsp3) is 0.267. The van der Waals surface area contributed by atoms with E-state index in [2.05, 4.69) is 5.32 Å². The van der Waals surface area contributed by atoms with Crippen molar-refractivity contribution in [2.75, 3.05) is 18.5 Å². The van der Waals surface area contributed by atoms with Crippen LogP contribution in [-0.2, 0) is 4.79 Å². The van der Waals surface area contributed by atoms with Crippen molar-refractivity contribution in [1.29, 1.82) is 0 Å². The number of anilines is 1.